The Balaban J connectivity index is 2.74. The zero-order valence-electron chi connectivity index (χ0n) is 8.98. The van der Waals surface area contributed by atoms with Gasteiger partial charge >= 0.3 is 0 Å². The third-order valence-corrected chi connectivity index (χ3v) is 2.14. The summed E-state index contributed by atoms with van der Waals surface area (Å²) in [5, 5.41) is 0. The molecular weight excluding hydrogens is 184 g/mol. The summed E-state index contributed by atoms with van der Waals surface area (Å²) in [6, 6.07) is 8.32. The molecule has 2 heteroatoms. The van der Waals surface area contributed by atoms with E-state index in [2.05, 4.69) is 42.8 Å². The van der Waals surface area contributed by atoms with Crippen LogP contribution in [-0.2, 0) is 6.42 Å². The van der Waals surface area contributed by atoms with Crippen LogP contribution in [0.5, 0.6) is 0 Å². The van der Waals surface area contributed by atoms with Gasteiger partial charge in [-0.1, -0.05) is 37.8 Å². The summed E-state index contributed by atoms with van der Waals surface area (Å²) >= 11 is 0. The minimum atomic E-state index is 0.885. The fourth-order valence-corrected chi connectivity index (χ4v) is 1.21. The van der Waals surface area contributed by atoms with Crippen LogP contribution in [0.3, 0.4) is 0 Å². The molecule has 0 aliphatic carbocycles. The number of nitrogens with two attached hydrogens (primary N) is 1. The van der Waals surface area contributed by atoms with E-state index in [1.54, 1.807) is 6.21 Å². The van der Waals surface area contributed by atoms with Gasteiger partial charge in [0.1, 0.15) is 0 Å². The minimum absolute atomic E-state index is 0.885. The smallest absolute Gasteiger partial charge is 0.0422 e. The summed E-state index contributed by atoms with van der Waals surface area (Å²) in [6.45, 7) is 6.06. The molecule has 1 aromatic carbocycles. The molecule has 2 N–H and O–H groups in total. The largest absolute Gasteiger partial charge is 0.403 e. The molecule has 78 valence electrons. The van der Waals surface area contributed by atoms with Gasteiger partial charge in [-0.3, -0.25) is 4.99 Å². The third kappa shape index (κ3) is 3.43. The van der Waals surface area contributed by atoms with Crippen molar-refractivity contribution in [2.45, 2.75) is 13.3 Å². The molecule has 0 aromatic heterocycles. The van der Waals surface area contributed by atoms with Crippen LogP contribution in [0.2, 0.25) is 0 Å². The fraction of sp³-hybridized carbons (Fsp3) is 0.154. The van der Waals surface area contributed by atoms with Gasteiger partial charge < -0.3 is 5.73 Å². The lowest BCUT2D eigenvalue weighted by Crippen LogP contribution is -1.86. The molecule has 0 saturated heterocycles. The van der Waals surface area contributed by atoms with Crippen LogP contribution in [0.4, 0.5) is 0 Å². The predicted octanol–water partition coefficient (Wildman–Crippen LogP) is 2.76. The van der Waals surface area contributed by atoms with Crippen LogP contribution in [0.1, 0.15) is 18.1 Å². The van der Waals surface area contributed by atoms with E-state index in [1.807, 2.05) is 0 Å². The Morgan fingerprint density at radius 3 is 2.60 bits per heavy atom. The standard InChI is InChI=1S/C13H16N2/c1-3-12-4-6-13(7-5-12)11(2)10-15-9-8-14/h4-10H,2-3,14H2,1H3/b9-8-,15-10?. The second-order valence-corrected chi connectivity index (χ2v) is 3.20. The summed E-state index contributed by atoms with van der Waals surface area (Å²) in [5.74, 6) is 0. The van der Waals surface area contributed by atoms with E-state index >= 15 is 0 Å². The van der Waals surface area contributed by atoms with Crippen molar-refractivity contribution in [3.05, 3.63) is 54.4 Å². The van der Waals surface area contributed by atoms with Crippen LogP contribution in [0.15, 0.2) is 48.2 Å². The van der Waals surface area contributed by atoms with Crippen molar-refractivity contribution in [2.75, 3.05) is 0 Å². The molecule has 0 heterocycles. The van der Waals surface area contributed by atoms with E-state index in [1.165, 1.54) is 18.0 Å². The number of rotatable bonds is 4. The highest BCUT2D eigenvalue weighted by Gasteiger charge is 1.95. The number of hydrogen-bond donors (Lipinski definition) is 1. The first-order valence-corrected chi connectivity index (χ1v) is 4.96. The Labute approximate surface area is 90.8 Å². The van der Waals surface area contributed by atoms with Crippen LogP contribution in [0, 0.1) is 0 Å². The van der Waals surface area contributed by atoms with Crippen molar-refractivity contribution >= 4 is 11.8 Å². The summed E-state index contributed by atoms with van der Waals surface area (Å²) in [7, 11) is 0. The first kappa shape index (κ1) is 11.2. The zero-order valence-corrected chi connectivity index (χ0v) is 8.98. The maximum atomic E-state index is 5.17. The van der Waals surface area contributed by atoms with Gasteiger partial charge in [0.05, 0.1) is 0 Å². The van der Waals surface area contributed by atoms with Crippen LogP contribution in [-0.4, -0.2) is 6.21 Å². The molecule has 0 radical (unpaired) electrons. The maximum Gasteiger partial charge on any atom is 0.0422 e. The Hall–Kier alpha value is -1.83. The lowest BCUT2D eigenvalue weighted by Gasteiger charge is -2.01. The molecule has 0 aliphatic rings. The highest BCUT2D eigenvalue weighted by molar-refractivity contribution is 6.08. The first-order valence-electron chi connectivity index (χ1n) is 4.96. The predicted molar refractivity (Wildman–Crippen MR) is 66.7 cm³/mol. The molecule has 15 heavy (non-hydrogen) atoms. The summed E-state index contributed by atoms with van der Waals surface area (Å²) in [4.78, 5) is 3.98. The third-order valence-electron chi connectivity index (χ3n) is 2.14. The quantitative estimate of drug-likeness (QED) is 0.746. The summed E-state index contributed by atoms with van der Waals surface area (Å²) in [6.07, 6.45) is 5.68. The molecule has 0 fully saturated rings. The number of aryl methyl sites for hydroxylation is 1. The van der Waals surface area contributed by atoms with E-state index in [9.17, 15) is 0 Å². The topological polar surface area (TPSA) is 38.4 Å². The van der Waals surface area contributed by atoms with E-state index in [4.69, 9.17) is 5.73 Å². The molecule has 0 bridgehead atoms. The van der Waals surface area contributed by atoms with Crippen LogP contribution >= 0.6 is 0 Å². The van der Waals surface area contributed by atoms with Gasteiger partial charge in [0, 0.05) is 18.6 Å². The highest BCUT2D eigenvalue weighted by atomic mass is 14.7. The number of nitrogens with zero attached hydrogens (tertiary/aromatic N) is 1. The van der Waals surface area contributed by atoms with Crippen molar-refractivity contribution in [3.63, 3.8) is 0 Å². The van der Waals surface area contributed by atoms with E-state index < -0.39 is 0 Å². The Morgan fingerprint density at radius 1 is 1.40 bits per heavy atom. The maximum absolute atomic E-state index is 5.17. The number of allylic oxidation sites excluding steroid dienone is 1. The van der Waals surface area contributed by atoms with Crippen molar-refractivity contribution in [1.82, 2.24) is 0 Å². The van der Waals surface area contributed by atoms with E-state index in [0.717, 1.165) is 17.6 Å². The molecule has 0 unspecified atom stereocenters. The molecule has 0 aliphatic heterocycles. The lowest BCUT2D eigenvalue weighted by atomic mass is 10.1. The van der Waals surface area contributed by atoms with E-state index in [-0.39, 0.29) is 0 Å². The van der Waals surface area contributed by atoms with Crippen molar-refractivity contribution in [1.29, 1.82) is 0 Å². The molecule has 2 nitrogen and oxygen atoms in total. The minimum Gasteiger partial charge on any atom is -0.403 e. The van der Waals surface area contributed by atoms with Crippen LogP contribution < -0.4 is 5.73 Å². The number of benzene rings is 1. The molecule has 0 saturated carbocycles. The van der Waals surface area contributed by atoms with Gasteiger partial charge in [-0.05, 0) is 23.1 Å². The SMILES string of the molecule is C=C(C=N/C=C\N)c1ccc(CC)cc1. The Kier molecular flexibility index (Phi) is 4.35. The van der Waals surface area contributed by atoms with Gasteiger partial charge in [-0.15, -0.1) is 0 Å². The molecule has 0 atom stereocenters. The molecule has 0 spiro atoms. The molecule has 1 aromatic rings. The van der Waals surface area contributed by atoms with Gasteiger partial charge in [0.25, 0.3) is 0 Å². The second-order valence-electron chi connectivity index (χ2n) is 3.20. The van der Waals surface area contributed by atoms with Gasteiger partial charge in [0.15, 0.2) is 0 Å². The lowest BCUT2D eigenvalue weighted by molar-refractivity contribution is 1.14. The van der Waals surface area contributed by atoms with Crippen LogP contribution in [0.25, 0.3) is 5.57 Å². The molecular formula is C13H16N2. The highest BCUT2D eigenvalue weighted by Crippen LogP contribution is 2.12. The summed E-state index contributed by atoms with van der Waals surface area (Å²) < 4.78 is 0. The molecule has 1 rings (SSSR count). The second kappa shape index (κ2) is 5.81. The zero-order chi connectivity index (χ0) is 11.1. The number of hydrogen-bond acceptors (Lipinski definition) is 2. The van der Waals surface area contributed by atoms with Crippen molar-refractivity contribution in [3.8, 4) is 0 Å². The van der Waals surface area contributed by atoms with Crippen molar-refractivity contribution in [2.24, 2.45) is 10.7 Å². The van der Waals surface area contributed by atoms with E-state index in [0.29, 0.717) is 0 Å². The Bertz CT molecular complexity index is 372. The van der Waals surface area contributed by atoms with Gasteiger partial charge in [0.2, 0.25) is 0 Å². The molecule has 0 amide bonds. The fourth-order valence-electron chi connectivity index (χ4n) is 1.21. The summed E-state index contributed by atoms with van der Waals surface area (Å²) in [5.41, 5.74) is 8.46. The monoisotopic (exact) mass is 200 g/mol. The van der Waals surface area contributed by atoms with Gasteiger partial charge in [-0.2, -0.15) is 0 Å². The number of aliphatic imine (C=N–C) groups is 1. The Morgan fingerprint density at radius 2 is 2.07 bits per heavy atom. The first-order chi connectivity index (χ1) is 7.27. The average molecular weight is 200 g/mol. The average Bonchev–Trinajstić information content (AvgIpc) is 2.29. The van der Waals surface area contributed by atoms with Gasteiger partial charge in [-0.25, -0.2) is 0 Å². The van der Waals surface area contributed by atoms with Crippen molar-refractivity contribution < 1.29 is 0 Å². The normalized spacial score (nSPS) is 11.3.